The van der Waals surface area contributed by atoms with Gasteiger partial charge in [0.25, 0.3) is 0 Å². The predicted octanol–water partition coefficient (Wildman–Crippen LogP) is 13.9. The van der Waals surface area contributed by atoms with E-state index in [9.17, 15) is 19.2 Å². The smallest absolute Gasteiger partial charge is 0.339 e. The molecule has 8 aromatic carbocycles. The Bertz CT molecular complexity index is 3320. The molecule has 0 atom stereocenters. The maximum Gasteiger partial charge on any atom is 0.339 e. The van der Waals surface area contributed by atoms with Crippen LogP contribution in [0.4, 0.5) is 11.4 Å². The summed E-state index contributed by atoms with van der Waals surface area (Å²) in [5.41, 5.74) is 11.8. The Morgan fingerprint density at radius 1 is 0.405 bits per heavy atom. The summed E-state index contributed by atoms with van der Waals surface area (Å²) in [6.45, 7) is 1.89. The normalized spacial score (nSPS) is 16.4. The average molecular weight is 1130 g/mol. The van der Waals surface area contributed by atoms with Crippen LogP contribution in [-0.4, -0.2) is 67.2 Å². The minimum Gasteiger partial charge on any atom is -0.490 e. The van der Waals surface area contributed by atoms with Crippen LogP contribution in [-0.2, 0) is 45.0 Å². The molecule has 0 spiro atoms. The van der Waals surface area contributed by atoms with Crippen LogP contribution < -0.4 is 35.3 Å². The van der Waals surface area contributed by atoms with Gasteiger partial charge in [-0.3, -0.25) is 14.5 Å². The molecule has 14 nitrogen and oxygen atoms in total. The molecule has 2 amide bonds. The molecule has 2 aliphatic carbocycles. The second-order valence-electron chi connectivity index (χ2n) is 21.0. The SMILES string of the molecule is COC(=O)c1ccccc1NC(=O)Cc1ccc(Oc2ccc(OC3CCC(N(Cc4ccccc4)Cc4ccccc4)CC3)cc2)cc1.COC(=O)c1ccccc1NC(=O)Cc1ccc(Oc2ccc(OC3CCC(N)CC3)cc2)cc1. The number of nitrogens with one attached hydrogen (secondary N) is 2. The Morgan fingerprint density at radius 3 is 1.12 bits per heavy atom. The highest BCUT2D eigenvalue weighted by atomic mass is 16.5. The quantitative estimate of drug-likeness (QED) is 0.0581. The van der Waals surface area contributed by atoms with Gasteiger partial charge >= 0.3 is 11.9 Å². The van der Waals surface area contributed by atoms with Crippen molar-refractivity contribution in [2.24, 2.45) is 5.73 Å². The average Bonchev–Trinajstić information content (AvgIpc) is 3.62. The number of carbonyl (C=O) groups is 4. The molecule has 0 unspecified atom stereocenters. The molecule has 2 fully saturated rings. The summed E-state index contributed by atoms with van der Waals surface area (Å²) >= 11 is 0. The summed E-state index contributed by atoms with van der Waals surface area (Å²) in [6.07, 6.45) is 8.95. The second kappa shape index (κ2) is 30.2. The van der Waals surface area contributed by atoms with Crippen LogP contribution in [0.2, 0.25) is 0 Å². The zero-order valence-corrected chi connectivity index (χ0v) is 47.5. The van der Waals surface area contributed by atoms with Crippen molar-refractivity contribution in [1.29, 1.82) is 0 Å². The maximum absolute atomic E-state index is 12.7. The van der Waals surface area contributed by atoms with Gasteiger partial charge in [-0.15, -0.1) is 0 Å². The Morgan fingerprint density at radius 2 is 0.738 bits per heavy atom. The van der Waals surface area contributed by atoms with Crippen molar-refractivity contribution in [2.45, 2.75) is 102 Å². The van der Waals surface area contributed by atoms with Crippen molar-refractivity contribution in [3.8, 4) is 34.5 Å². The Hall–Kier alpha value is -9.24. The third kappa shape index (κ3) is 17.9. The third-order valence-electron chi connectivity index (χ3n) is 14.8. The molecule has 84 heavy (non-hydrogen) atoms. The van der Waals surface area contributed by atoms with Crippen molar-refractivity contribution in [1.82, 2.24) is 4.90 Å². The number of ether oxygens (including phenoxy) is 6. The van der Waals surface area contributed by atoms with E-state index in [1.54, 1.807) is 48.5 Å². The fourth-order valence-corrected chi connectivity index (χ4v) is 10.4. The van der Waals surface area contributed by atoms with Crippen LogP contribution in [0, 0.1) is 0 Å². The van der Waals surface area contributed by atoms with E-state index >= 15 is 0 Å². The number of carbonyl (C=O) groups excluding carboxylic acids is 4. The number of hydrogen-bond donors (Lipinski definition) is 3. The molecule has 0 radical (unpaired) electrons. The number of methoxy groups -OCH3 is 2. The molecule has 10 rings (SSSR count). The van der Waals surface area contributed by atoms with Crippen LogP contribution in [0.1, 0.15) is 94.3 Å². The van der Waals surface area contributed by atoms with Crippen molar-refractivity contribution < 1.29 is 47.6 Å². The highest BCUT2D eigenvalue weighted by Crippen LogP contribution is 2.32. The zero-order valence-electron chi connectivity index (χ0n) is 47.5. The molecular formula is C70H72N4O10. The zero-order chi connectivity index (χ0) is 58.5. The van der Waals surface area contributed by atoms with Crippen molar-refractivity contribution in [3.05, 3.63) is 240 Å². The van der Waals surface area contributed by atoms with E-state index in [0.29, 0.717) is 57.6 Å². The summed E-state index contributed by atoms with van der Waals surface area (Å²) < 4.78 is 34.0. The molecule has 2 aliphatic rings. The Kier molecular flexibility index (Phi) is 21.3. The minimum atomic E-state index is -0.500. The number of benzene rings is 8. The Balaban J connectivity index is 0.000000213. The standard InChI is InChI=1S/C42H42N2O5.C28H30N2O5/c1-47-42(46)39-14-8-9-15-40(39)43-41(45)28-31-16-20-35(21-17-31)48-37-24-26-38(27-25-37)49-36-22-18-34(19-23-36)44(29-32-10-4-2-5-11-32)30-33-12-6-3-7-13-33;1-33-28(32)25-4-2-3-5-26(25)30-27(31)18-19-6-10-21(11-7-19)34-23-14-16-24(17-15-23)35-22-12-8-20(29)9-13-22/h2-17,20-21,24-27,34,36H,18-19,22-23,28-30H2,1H3,(H,43,45);2-7,10-11,14-17,20,22H,8-9,12-13,18,29H2,1H3,(H,30,31). The van der Waals surface area contributed by atoms with Crippen LogP contribution in [0.15, 0.2) is 206 Å². The first-order valence-corrected chi connectivity index (χ1v) is 28.6. The lowest BCUT2D eigenvalue weighted by molar-refractivity contribution is -0.116. The summed E-state index contributed by atoms with van der Waals surface area (Å²) in [4.78, 5) is 51.7. The van der Waals surface area contributed by atoms with Crippen LogP contribution in [0.3, 0.4) is 0 Å². The van der Waals surface area contributed by atoms with Gasteiger partial charge in [0.05, 0.1) is 61.8 Å². The van der Waals surface area contributed by atoms with Crippen molar-refractivity contribution >= 4 is 35.1 Å². The van der Waals surface area contributed by atoms with Crippen molar-refractivity contribution in [2.75, 3.05) is 24.9 Å². The Labute approximate surface area is 491 Å². The van der Waals surface area contributed by atoms with Gasteiger partial charge in [0.2, 0.25) is 11.8 Å². The summed E-state index contributed by atoms with van der Waals surface area (Å²) in [5, 5.41) is 5.58. The first kappa shape index (κ1) is 59.4. The van der Waals surface area contributed by atoms with Gasteiger partial charge in [0.15, 0.2) is 0 Å². The van der Waals surface area contributed by atoms with Gasteiger partial charge in [-0.2, -0.15) is 0 Å². The lowest BCUT2D eigenvalue weighted by Gasteiger charge is -2.37. The molecular weight excluding hydrogens is 1060 g/mol. The number of esters is 2. The first-order chi connectivity index (χ1) is 41.0. The van der Waals surface area contributed by atoms with E-state index in [2.05, 4.69) is 76.2 Å². The number of nitrogens with two attached hydrogens (primary N) is 1. The fraction of sp³-hybridized carbons (Fsp3) is 0.257. The highest BCUT2D eigenvalue weighted by molar-refractivity contribution is 6.02. The van der Waals surface area contributed by atoms with Gasteiger partial charge in [0.1, 0.15) is 34.5 Å². The minimum absolute atomic E-state index is 0.155. The summed E-state index contributed by atoms with van der Waals surface area (Å²) in [5.74, 6) is 2.95. The molecule has 0 aliphatic heterocycles. The molecule has 0 heterocycles. The van der Waals surface area contributed by atoms with Crippen LogP contribution in [0.25, 0.3) is 0 Å². The molecule has 432 valence electrons. The highest BCUT2D eigenvalue weighted by Gasteiger charge is 2.28. The molecule has 0 saturated heterocycles. The molecule has 4 N–H and O–H groups in total. The molecule has 8 aromatic rings. The van der Waals surface area contributed by atoms with Gasteiger partial charge in [-0.05, 0) is 171 Å². The van der Waals surface area contributed by atoms with E-state index in [4.69, 9.17) is 34.2 Å². The maximum atomic E-state index is 12.7. The number of nitrogens with zero attached hydrogens (tertiary/aromatic N) is 1. The lowest BCUT2D eigenvalue weighted by atomic mass is 9.91. The van der Waals surface area contributed by atoms with E-state index in [0.717, 1.165) is 87.1 Å². The third-order valence-corrected chi connectivity index (χ3v) is 14.8. The molecule has 14 heteroatoms. The van der Waals surface area contributed by atoms with Crippen molar-refractivity contribution in [3.63, 3.8) is 0 Å². The van der Waals surface area contributed by atoms with Crippen LogP contribution in [0.5, 0.6) is 34.5 Å². The topological polar surface area (TPSA) is 177 Å². The molecule has 2 saturated carbocycles. The number of amides is 2. The van der Waals surface area contributed by atoms with E-state index in [1.807, 2.05) is 97.1 Å². The number of anilines is 2. The van der Waals surface area contributed by atoms with Crippen LogP contribution >= 0.6 is 0 Å². The number of hydrogen-bond acceptors (Lipinski definition) is 12. The first-order valence-electron chi connectivity index (χ1n) is 28.6. The van der Waals surface area contributed by atoms with Gasteiger partial charge < -0.3 is 44.8 Å². The number of para-hydroxylation sites is 2. The molecule has 0 bridgehead atoms. The van der Waals surface area contributed by atoms with E-state index in [-0.39, 0.29) is 36.9 Å². The van der Waals surface area contributed by atoms with Gasteiger partial charge in [-0.1, -0.05) is 109 Å². The number of rotatable bonds is 21. The fourth-order valence-electron chi connectivity index (χ4n) is 10.4. The summed E-state index contributed by atoms with van der Waals surface area (Å²) in [7, 11) is 2.62. The second-order valence-corrected chi connectivity index (χ2v) is 21.0. The van der Waals surface area contributed by atoms with Gasteiger partial charge in [-0.25, -0.2) is 9.59 Å². The monoisotopic (exact) mass is 1130 g/mol. The molecule has 0 aromatic heterocycles. The van der Waals surface area contributed by atoms with Gasteiger partial charge in [0, 0.05) is 25.2 Å². The largest absolute Gasteiger partial charge is 0.490 e. The van der Waals surface area contributed by atoms with E-state index < -0.39 is 11.9 Å². The predicted molar refractivity (Wildman–Crippen MR) is 326 cm³/mol. The lowest BCUT2D eigenvalue weighted by Crippen LogP contribution is -2.39. The summed E-state index contributed by atoms with van der Waals surface area (Å²) in [6, 6.07) is 65.9. The van der Waals surface area contributed by atoms with E-state index in [1.165, 1.54) is 25.3 Å².